The molecule has 0 aliphatic heterocycles. The van der Waals surface area contributed by atoms with Gasteiger partial charge in [-0.2, -0.15) is 0 Å². The summed E-state index contributed by atoms with van der Waals surface area (Å²) in [5.74, 6) is 0.828. The summed E-state index contributed by atoms with van der Waals surface area (Å²) in [5, 5.41) is 6.56. The molecular formula is C13H15Cl2N3O2S. The van der Waals surface area contributed by atoms with Crippen LogP contribution in [0.4, 0.5) is 0 Å². The average Bonchev–Trinajstić information content (AvgIpc) is 3.01. The van der Waals surface area contributed by atoms with Gasteiger partial charge in [0.1, 0.15) is 0 Å². The van der Waals surface area contributed by atoms with E-state index in [0.717, 1.165) is 17.7 Å². The predicted octanol–water partition coefficient (Wildman–Crippen LogP) is 2.95. The first-order chi connectivity index (χ1) is 9.63. The van der Waals surface area contributed by atoms with E-state index in [1.807, 2.05) is 6.07 Å². The third-order valence-electron chi connectivity index (χ3n) is 3.28. The molecule has 1 unspecified atom stereocenters. The monoisotopic (exact) mass is 347 g/mol. The van der Waals surface area contributed by atoms with E-state index in [0.29, 0.717) is 22.6 Å². The van der Waals surface area contributed by atoms with Gasteiger partial charge in [-0.3, -0.25) is 4.79 Å². The summed E-state index contributed by atoms with van der Waals surface area (Å²) < 4.78 is 5.83. The molecule has 1 aliphatic carbocycles. The molecule has 1 saturated carbocycles. The van der Waals surface area contributed by atoms with Gasteiger partial charge in [0.2, 0.25) is 0 Å². The Balaban J connectivity index is 0.00000161. The number of rotatable bonds is 5. The van der Waals surface area contributed by atoms with E-state index in [4.69, 9.17) is 21.9 Å². The summed E-state index contributed by atoms with van der Waals surface area (Å²) in [6.45, 7) is 0.469. The van der Waals surface area contributed by atoms with Crippen molar-refractivity contribution in [3.63, 3.8) is 0 Å². The quantitative estimate of drug-likeness (QED) is 0.871. The van der Waals surface area contributed by atoms with Crippen LogP contribution in [-0.4, -0.2) is 23.7 Å². The van der Waals surface area contributed by atoms with Gasteiger partial charge in [-0.15, -0.1) is 23.7 Å². The standard InChI is InChI=1S/C13H14ClN3O2S.ClH/c14-12-4-3-11(20-12)10-5-9(17-19-10)13(18)16-6-8(15)7-1-2-7;/h3-5,7-8H,1-2,6,15H2,(H,16,18);1H. The van der Waals surface area contributed by atoms with Crippen molar-refractivity contribution >= 4 is 41.3 Å². The van der Waals surface area contributed by atoms with Gasteiger partial charge in [-0.05, 0) is 30.9 Å². The van der Waals surface area contributed by atoms with Gasteiger partial charge in [-0.1, -0.05) is 16.8 Å². The van der Waals surface area contributed by atoms with E-state index < -0.39 is 0 Å². The summed E-state index contributed by atoms with van der Waals surface area (Å²) in [6, 6.07) is 5.25. The third-order valence-corrected chi connectivity index (χ3v) is 4.53. The topological polar surface area (TPSA) is 81.1 Å². The number of nitrogens with two attached hydrogens (primary N) is 1. The van der Waals surface area contributed by atoms with Crippen LogP contribution in [0.1, 0.15) is 23.3 Å². The zero-order valence-electron chi connectivity index (χ0n) is 11.0. The molecule has 0 saturated heterocycles. The van der Waals surface area contributed by atoms with Crippen molar-refractivity contribution in [1.82, 2.24) is 10.5 Å². The molecule has 2 aromatic heterocycles. The van der Waals surface area contributed by atoms with Crippen molar-refractivity contribution in [2.24, 2.45) is 11.7 Å². The number of amides is 1. The predicted molar refractivity (Wildman–Crippen MR) is 85.1 cm³/mol. The normalized spacial score (nSPS) is 15.3. The first-order valence-electron chi connectivity index (χ1n) is 6.39. The Labute approximate surface area is 137 Å². The van der Waals surface area contributed by atoms with Crippen molar-refractivity contribution in [1.29, 1.82) is 0 Å². The zero-order chi connectivity index (χ0) is 14.1. The van der Waals surface area contributed by atoms with Crippen LogP contribution in [0, 0.1) is 5.92 Å². The van der Waals surface area contributed by atoms with Crippen molar-refractivity contribution < 1.29 is 9.32 Å². The molecule has 5 nitrogen and oxygen atoms in total. The smallest absolute Gasteiger partial charge is 0.273 e. The number of carbonyl (C=O) groups excluding carboxylic acids is 1. The Morgan fingerprint density at radius 3 is 2.95 bits per heavy atom. The number of thiophene rings is 1. The van der Waals surface area contributed by atoms with Crippen molar-refractivity contribution in [3.8, 4) is 10.6 Å². The van der Waals surface area contributed by atoms with Crippen molar-refractivity contribution in [3.05, 3.63) is 28.2 Å². The van der Waals surface area contributed by atoms with E-state index in [1.165, 1.54) is 11.3 Å². The maximum atomic E-state index is 11.9. The number of halogens is 2. The molecule has 0 spiro atoms. The Bertz CT molecular complexity index is 624. The lowest BCUT2D eigenvalue weighted by atomic mass is 10.2. The fourth-order valence-corrected chi connectivity index (χ4v) is 2.93. The molecule has 1 atom stereocenters. The lowest BCUT2D eigenvalue weighted by molar-refractivity contribution is 0.0941. The van der Waals surface area contributed by atoms with E-state index >= 15 is 0 Å². The first-order valence-corrected chi connectivity index (χ1v) is 7.59. The zero-order valence-corrected chi connectivity index (χ0v) is 13.4. The van der Waals surface area contributed by atoms with E-state index in [1.54, 1.807) is 12.1 Å². The van der Waals surface area contributed by atoms with Gasteiger partial charge in [0, 0.05) is 18.7 Å². The van der Waals surface area contributed by atoms with E-state index in [-0.39, 0.29) is 30.0 Å². The summed E-state index contributed by atoms with van der Waals surface area (Å²) in [7, 11) is 0. The second-order valence-corrected chi connectivity index (χ2v) is 6.61. The number of carbonyl (C=O) groups is 1. The molecule has 3 rings (SSSR count). The molecule has 0 bridgehead atoms. The number of hydrogen-bond donors (Lipinski definition) is 2. The Morgan fingerprint density at radius 2 is 2.33 bits per heavy atom. The van der Waals surface area contributed by atoms with Crippen LogP contribution < -0.4 is 11.1 Å². The molecule has 114 valence electrons. The van der Waals surface area contributed by atoms with Gasteiger partial charge in [0.05, 0.1) is 9.21 Å². The highest BCUT2D eigenvalue weighted by molar-refractivity contribution is 7.19. The van der Waals surface area contributed by atoms with Crippen LogP contribution in [0.3, 0.4) is 0 Å². The summed E-state index contributed by atoms with van der Waals surface area (Å²) >= 11 is 7.24. The van der Waals surface area contributed by atoms with Gasteiger partial charge >= 0.3 is 0 Å². The molecule has 1 fully saturated rings. The van der Waals surface area contributed by atoms with Crippen LogP contribution in [0.15, 0.2) is 22.7 Å². The lowest BCUT2D eigenvalue weighted by Crippen LogP contribution is -2.38. The van der Waals surface area contributed by atoms with Crippen LogP contribution in [0.2, 0.25) is 4.34 Å². The van der Waals surface area contributed by atoms with E-state index in [2.05, 4.69) is 10.5 Å². The van der Waals surface area contributed by atoms with Crippen LogP contribution in [-0.2, 0) is 0 Å². The second kappa shape index (κ2) is 6.79. The van der Waals surface area contributed by atoms with Gasteiger partial charge in [0.25, 0.3) is 5.91 Å². The fraction of sp³-hybridized carbons (Fsp3) is 0.385. The summed E-state index contributed by atoms with van der Waals surface area (Å²) in [4.78, 5) is 12.8. The number of nitrogens with one attached hydrogen (secondary N) is 1. The number of aromatic nitrogens is 1. The largest absolute Gasteiger partial charge is 0.355 e. The van der Waals surface area contributed by atoms with Gasteiger partial charge in [0.15, 0.2) is 11.5 Å². The Hall–Kier alpha value is -1.08. The molecule has 2 heterocycles. The first kappa shape index (κ1) is 16.3. The van der Waals surface area contributed by atoms with Crippen LogP contribution in [0.5, 0.6) is 0 Å². The molecule has 1 aliphatic rings. The highest BCUT2D eigenvalue weighted by Gasteiger charge is 2.28. The molecule has 0 radical (unpaired) electrons. The summed E-state index contributed by atoms with van der Waals surface area (Å²) in [5.41, 5.74) is 6.19. The SMILES string of the molecule is Cl.NC(CNC(=O)c1cc(-c2ccc(Cl)s2)on1)C1CC1. The van der Waals surface area contributed by atoms with Gasteiger partial charge in [-0.25, -0.2) is 0 Å². The van der Waals surface area contributed by atoms with Crippen molar-refractivity contribution in [2.75, 3.05) is 6.54 Å². The maximum Gasteiger partial charge on any atom is 0.273 e. The van der Waals surface area contributed by atoms with Crippen LogP contribution >= 0.6 is 35.3 Å². The minimum absolute atomic E-state index is 0. The highest BCUT2D eigenvalue weighted by atomic mass is 35.5. The molecule has 8 heteroatoms. The molecule has 3 N–H and O–H groups in total. The third kappa shape index (κ3) is 3.97. The number of nitrogens with zero attached hydrogens (tertiary/aromatic N) is 1. The maximum absolute atomic E-state index is 11.9. The molecular weight excluding hydrogens is 333 g/mol. The fourth-order valence-electron chi connectivity index (χ4n) is 1.94. The molecule has 1 amide bonds. The van der Waals surface area contributed by atoms with Crippen LogP contribution in [0.25, 0.3) is 10.6 Å². The molecule has 0 aromatic carbocycles. The Kier molecular flexibility index (Phi) is 5.27. The minimum Gasteiger partial charge on any atom is -0.355 e. The highest BCUT2D eigenvalue weighted by Crippen LogP contribution is 2.32. The van der Waals surface area contributed by atoms with Gasteiger partial charge < -0.3 is 15.6 Å². The second-order valence-electron chi connectivity index (χ2n) is 4.89. The molecule has 2 aromatic rings. The number of hydrogen-bond acceptors (Lipinski definition) is 5. The van der Waals surface area contributed by atoms with E-state index in [9.17, 15) is 4.79 Å². The summed E-state index contributed by atoms with van der Waals surface area (Å²) in [6.07, 6.45) is 2.31. The average molecular weight is 348 g/mol. The lowest BCUT2D eigenvalue weighted by Gasteiger charge is -2.09. The van der Waals surface area contributed by atoms with Crippen molar-refractivity contribution in [2.45, 2.75) is 18.9 Å². The Morgan fingerprint density at radius 1 is 1.57 bits per heavy atom. The molecule has 21 heavy (non-hydrogen) atoms. The minimum atomic E-state index is -0.265.